The van der Waals surface area contributed by atoms with Crippen molar-refractivity contribution in [3.05, 3.63) is 23.8 Å². The minimum absolute atomic E-state index is 0.0174. The van der Waals surface area contributed by atoms with Crippen LogP contribution in [-0.4, -0.2) is 81.7 Å². The zero-order valence-electron chi connectivity index (χ0n) is 20.8. The summed E-state index contributed by atoms with van der Waals surface area (Å²) in [6, 6.07) is 4.62. The van der Waals surface area contributed by atoms with Crippen LogP contribution in [0.2, 0.25) is 0 Å². The Kier molecular flexibility index (Phi) is 8.09. The molecule has 2 aliphatic rings. The van der Waals surface area contributed by atoms with Crippen LogP contribution in [0.15, 0.2) is 23.1 Å². The number of ether oxygens (including phenoxy) is 2. The number of amides is 1. The number of rotatable bonds is 6. The number of carbonyl (C=O) groups is 1. The van der Waals surface area contributed by atoms with Crippen molar-refractivity contribution in [2.45, 2.75) is 70.1 Å². The van der Waals surface area contributed by atoms with Crippen LogP contribution in [0.3, 0.4) is 0 Å². The van der Waals surface area contributed by atoms with Crippen LogP contribution in [-0.2, 0) is 14.8 Å². The van der Waals surface area contributed by atoms with Gasteiger partial charge in [-0.2, -0.15) is 0 Å². The van der Waals surface area contributed by atoms with Crippen LogP contribution in [0.4, 0.5) is 0 Å². The molecule has 2 saturated heterocycles. The summed E-state index contributed by atoms with van der Waals surface area (Å²) >= 11 is 0. The van der Waals surface area contributed by atoms with E-state index >= 15 is 0 Å². The number of likely N-dealkylation sites (tertiary alicyclic amines) is 1. The summed E-state index contributed by atoms with van der Waals surface area (Å²) < 4.78 is 39.6. The Bertz CT molecular complexity index is 926. The first-order valence-corrected chi connectivity index (χ1v) is 13.3. The predicted octanol–water partition coefficient (Wildman–Crippen LogP) is 2.73. The molecule has 1 aromatic carbocycles. The van der Waals surface area contributed by atoms with Gasteiger partial charge in [-0.15, -0.1) is 0 Å². The van der Waals surface area contributed by atoms with Gasteiger partial charge in [0.2, 0.25) is 10.0 Å². The number of benzene rings is 1. The number of hydrogen-bond donors (Lipinski definition) is 1. The molecule has 9 heteroatoms. The van der Waals surface area contributed by atoms with Gasteiger partial charge in [0.05, 0.1) is 19.3 Å². The van der Waals surface area contributed by atoms with Gasteiger partial charge in [0.1, 0.15) is 10.6 Å². The second-order valence-electron chi connectivity index (χ2n) is 10.4. The summed E-state index contributed by atoms with van der Waals surface area (Å²) in [5.41, 5.74) is -0.290. The highest BCUT2D eigenvalue weighted by atomic mass is 32.2. The van der Waals surface area contributed by atoms with E-state index in [0.717, 1.165) is 32.5 Å². The molecule has 0 radical (unpaired) electrons. The Labute approximate surface area is 198 Å². The van der Waals surface area contributed by atoms with Crippen LogP contribution in [0.1, 0.15) is 57.8 Å². The van der Waals surface area contributed by atoms with E-state index < -0.39 is 15.6 Å². The maximum Gasteiger partial charge on any atom is 0.253 e. The molecule has 2 aliphatic heterocycles. The van der Waals surface area contributed by atoms with Crippen molar-refractivity contribution in [2.24, 2.45) is 5.92 Å². The third-order valence-electron chi connectivity index (χ3n) is 6.05. The van der Waals surface area contributed by atoms with Crippen LogP contribution in [0.25, 0.3) is 0 Å². The van der Waals surface area contributed by atoms with Crippen LogP contribution in [0, 0.1) is 5.92 Å². The highest BCUT2D eigenvalue weighted by Gasteiger charge is 2.30. The van der Waals surface area contributed by atoms with Crippen molar-refractivity contribution in [2.75, 3.05) is 39.8 Å². The Morgan fingerprint density at radius 2 is 1.76 bits per heavy atom. The van der Waals surface area contributed by atoms with Gasteiger partial charge in [0.25, 0.3) is 5.91 Å². The number of sulfonamides is 1. The zero-order chi connectivity index (χ0) is 24.4. The molecule has 2 atom stereocenters. The fraction of sp³-hybridized carbons (Fsp3) is 0.708. The van der Waals surface area contributed by atoms with Gasteiger partial charge in [-0.1, -0.05) is 0 Å². The van der Waals surface area contributed by atoms with Crippen molar-refractivity contribution in [1.82, 2.24) is 14.5 Å². The smallest absolute Gasteiger partial charge is 0.253 e. The minimum atomic E-state index is -3.84. The van der Waals surface area contributed by atoms with Crippen LogP contribution in [0.5, 0.6) is 5.75 Å². The van der Waals surface area contributed by atoms with Crippen molar-refractivity contribution < 1.29 is 22.7 Å². The van der Waals surface area contributed by atoms with Gasteiger partial charge in [0.15, 0.2) is 0 Å². The van der Waals surface area contributed by atoms with Gasteiger partial charge >= 0.3 is 0 Å². The van der Waals surface area contributed by atoms with Gasteiger partial charge in [0, 0.05) is 43.8 Å². The maximum absolute atomic E-state index is 13.2. The lowest BCUT2D eigenvalue weighted by Crippen LogP contribution is -2.48. The SMILES string of the molecule is COc1ccc(C(=O)N2CCC(CN3CC(C)OC(C)C3)CC2)cc1S(=O)(=O)NC(C)(C)C. The Morgan fingerprint density at radius 3 is 2.30 bits per heavy atom. The molecule has 1 aromatic rings. The molecular weight excluding hydrogens is 442 g/mol. The van der Waals surface area contributed by atoms with E-state index in [9.17, 15) is 13.2 Å². The van der Waals surface area contributed by atoms with E-state index in [1.54, 1.807) is 32.9 Å². The van der Waals surface area contributed by atoms with Crippen LogP contribution < -0.4 is 9.46 Å². The molecule has 0 aromatic heterocycles. The van der Waals surface area contributed by atoms with Crippen molar-refractivity contribution in [1.29, 1.82) is 0 Å². The lowest BCUT2D eigenvalue weighted by atomic mass is 9.95. The minimum Gasteiger partial charge on any atom is -0.495 e. The molecule has 2 unspecified atom stereocenters. The molecule has 1 N–H and O–H groups in total. The van der Waals surface area contributed by atoms with E-state index in [1.807, 2.05) is 4.90 Å². The summed E-state index contributed by atoms with van der Waals surface area (Å²) in [6.07, 6.45) is 2.39. The number of morpholine rings is 1. The number of nitrogens with one attached hydrogen (secondary N) is 1. The van der Waals surface area contributed by atoms with E-state index in [1.165, 1.54) is 13.2 Å². The molecule has 0 bridgehead atoms. The number of carbonyl (C=O) groups excluding carboxylic acids is 1. The fourth-order valence-electron chi connectivity index (χ4n) is 4.78. The highest BCUT2D eigenvalue weighted by molar-refractivity contribution is 7.89. The average Bonchev–Trinajstić information content (AvgIpc) is 2.71. The monoisotopic (exact) mass is 481 g/mol. The first-order chi connectivity index (χ1) is 15.4. The van der Waals surface area contributed by atoms with Crippen molar-refractivity contribution >= 4 is 15.9 Å². The van der Waals surface area contributed by atoms with Crippen LogP contribution >= 0.6 is 0 Å². The Balaban J connectivity index is 1.66. The molecule has 186 valence electrons. The van der Waals surface area contributed by atoms with Crippen molar-refractivity contribution in [3.8, 4) is 5.75 Å². The van der Waals surface area contributed by atoms with E-state index in [2.05, 4.69) is 23.5 Å². The summed E-state index contributed by atoms with van der Waals surface area (Å²) in [7, 11) is -2.42. The molecule has 1 amide bonds. The zero-order valence-corrected chi connectivity index (χ0v) is 21.6. The molecule has 2 fully saturated rings. The van der Waals surface area contributed by atoms with Gasteiger partial charge < -0.3 is 14.4 Å². The largest absolute Gasteiger partial charge is 0.495 e. The summed E-state index contributed by atoms with van der Waals surface area (Å²) in [5.74, 6) is 0.627. The third kappa shape index (κ3) is 6.91. The Hall–Kier alpha value is -1.68. The maximum atomic E-state index is 13.2. The standard InChI is InChI=1S/C24H39N3O5S/c1-17-14-26(15-18(2)32-17)16-19-9-11-27(12-10-19)23(28)20-7-8-21(31-6)22(13-20)33(29,30)25-24(3,4)5/h7-8,13,17-19,25H,9-12,14-16H2,1-6H3. The van der Waals surface area contributed by atoms with E-state index in [0.29, 0.717) is 24.6 Å². The second kappa shape index (κ2) is 10.3. The van der Waals surface area contributed by atoms with Gasteiger partial charge in [-0.3, -0.25) is 9.69 Å². The number of nitrogens with zero attached hydrogens (tertiary/aromatic N) is 2. The lowest BCUT2D eigenvalue weighted by Gasteiger charge is -2.39. The molecule has 2 heterocycles. The lowest BCUT2D eigenvalue weighted by molar-refractivity contribution is -0.0728. The normalized spacial score (nSPS) is 23.5. The summed E-state index contributed by atoms with van der Waals surface area (Å²) in [5, 5.41) is 0. The van der Waals surface area contributed by atoms with E-state index in [4.69, 9.17) is 9.47 Å². The van der Waals surface area contributed by atoms with Gasteiger partial charge in [-0.05, 0) is 71.6 Å². The highest BCUT2D eigenvalue weighted by Crippen LogP contribution is 2.28. The van der Waals surface area contributed by atoms with Crippen molar-refractivity contribution in [3.63, 3.8) is 0 Å². The average molecular weight is 482 g/mol. The second-order valence-corrected chi connectivity index (χ2v) is 12.1. The molecule has 0 spiro atoms. The molecule has 33 heavy (non-hydrogen) atoms. The first kappa shape index (κ1) is 25.9. The topological polar surface area (TPSA) is 88.2 Å². The first-order valence-electron chi connectivity index (χ1n) is 11.8. The quantitative estimate of drug-likeness (QED) is 0.672. The fourth-order valence-corrected chi connectivity index (χ4v) is 6.39. The molecule has 8 nitrogen and oxygen atoms in total. The summed E-state index contributed by atoms with van der Waals surface area (Å²) in [6.45, 7) is 13.8. The predicted molar refractivity (Wildman–Crippen MR) is 128 cm³/mol. The molecule has 3 rings (SSSR count). The van der Waals surface area contributed by atoms with E-state index in [-0.39, 0.29) is 28.8 Å². The Morgan fingerprint density at radius 1 is 1.15 bits per heavy atom. The molecule has 0 aliphatic carbocycles. The number of piperidine rings is 1. The molecular formula is C24H39N3O5S. The number of methoxy groups -OCH3 is 1. The molecule has 0 saturated carbocycles. The number of hydrogen-bond acceptors (Lipinski definition) is 6. The summed E-state index contributed by atoms with van der Waals surface area (Å²) in [4.78, 5) is 17.5. The van der Waals surface area contributed by atoms with Gasteiger partial charge in [-0.25, -0.2) is 13.1 Å². The third-order valence-corrected chi connectivity index (χ3v) is 7.83.